The average molecular weight is 300 g/mol. The third kappa shape index (κ3) is 3.94. The van der Waals surface area contributed by atoms with Gasteiger partial charge in [-0.15, -0.1) is 0 Å². The lowest BCUT2D eigenvalue weighted by molar-refractivity contribution is 0.0952. The summed E-state index contributed by atoms with van der Waals surface area (Å²) >= 11 is 0. The number of sulfonamides is 1. The number of amides is 1. The number of ether oxygens (including phenoxy) is 1. The van der Waals surface area contributed by atoms with E-state index in [4.69, 9.17) is 4.74 Å². The molecule has 0 aromatic heterocycles. The van der Waals surface area contributed by atoms with Gasteiger partial charge < -0.3 is 10.1 Å². The molecular formula is C13H20N2O4S. The summed E-state index contributed by atoms with van der Waals surface area (Å²) in [4.78, 5) is 12.0. The zero-order chi connectivity index (χ0) is 15.2. The van der Waals surface area contributed by atoms with Gasteiger partial charge in [-0.3, -0.25) is 4.79 Å². The second-order valence-corrected chi connectivity index (χ2v) is 5.89. The third-order valence-corrected chi connectivity index (χ3v) is 4.06. The quantitative estimate of drug-likeness (QED) is 0.790. The highest BCUT2D eigenvalue weighted by molar-refractivity contribution is 7.89. The Morgan fingerprint density at radius 1 is 1.30 bits per heavy atom. The maximum atomic E-state index is 12.0. The predicted molar refractivity (Wildman–Crippen MR) is 76.5 cm³/mol. The average Bonchev–Trinajstić information content (AvgIpc) is 2.44. The molecule has 1 amide bonds. The van der Waals surface area contributed by atoms with Crippen molar-refractivity contribution in [3.63, 3.8) is 0 Å². The minimum atomic E-state index is -3.60. The Labute approximate surface area is 119 Å². The Bertz CT molecular complexity index is 570. The van der Waals surface area contributed by atoms with Crippen LogP contribution in [-0.4, -0.2) is 34.5 Å². The standard InChI is InChI=1S/C13H20N2O4S/c1-4-8-15-20(17,18)10-6-7-12(19-3)11(9-10)13(16)14-5-2/h6-7,9,15H,4-5,8H2,1-3H3,(H,14,16). The Hall–Kier alpha value is -1.60. The molecule has 0 saturated carbocycles. The first-order chi connectivity index (χ1) is 9.46. The van der Waals surface area contributed by atoms with Gasteiger partial charge in [0.1, 0.15) is 5.75 Å². The lowest BCUT2D eigenvalue weighted by atomic mass is 10.2. The zero-order valence-electron chi connectivity index (χ0n) is 11.9. The van der Waals surface area contributed by atoms with Crippen molar-refractivity contribution in [3.05, 3.63) is 23.8 Å². The number of hydrogen-bond acceptors (Lipinski definition) is 4. The summed E-state index contributed by atoms with van der Waals surface area (Å²) in [5, 5.41) is 2.62. The Morgan fingerprint density at radius 3 is 2.55 bits per heavy atom. The fraction of sp³-hybridized carbons (Fsp3) is 0.462. The van der Waals surface area contributed by atoms with Crippen molar-refractivity contribution in [1.82, 2.24) is 10.0 Å². The normalized spacial score (nSPS) is 11.2. The second kappa shape index (κ2) is 7.25. The van der Waals surface area contributed by atoms with Crippen LogP contribution in [0.15, 0.2) is 23.1 Å². The molecule has 6 nitrogen and oxygen atoms in total. The molecule has 0 heterocycles. The summed E-state index contributed by atoms with van der Waals surface area (Å²) in [6.07, 6.45) is 0.693. The van der Waals surface area contributed by atoms with Crippen molar-refractivity contribution in [3.8, 4) is 5.75 Å². The molecule has 1 aromatic rings. The maximum absolute atomic E-state index is 12.0. The van der Waals surface area contributed by atoms with Crippen LogP contribution in [-0.2, 0) is 10.0 Å². The molecule has 0 bridgehead atoms. The molecule has 0 aliphatic rings. The lowest BCUT2D eigenvalue weighted by Gasteiger charge is -2.11. The van der Waals surface area contributed by atoms with Gasteiger partial charge in [-0.2, -0.15) is 0 Å². The van der Waals surface area contributed by atoms with Crippen molar-refractivity contribution in [2.45, 2.75) is 25.2 Å². The molecule has 7 heteroatoms. The molecule has 1 aromatic carbocycles. The van der Waals surface area contributed by atoms with Crippen LogP contribution < -0.4 is 14.8 Å². The lowest BCUT2D eigenvalue weighted by Crippen LogP contribution is -2.26. The van der Waals surface area contributed by atoms with E-state index in [1.807, 2.05) is 6.92 Å². The van der Waals surface area contributed by atoms with E-state index in [0.717, 1.165) is 0 Å². The Balaban J connectivity index is 3.19. The topological polar surface area (TPSA) is 84.5 Å². The Morgan fingerprint density at radius 2 is 2.00 bits per heavy atom. The number of carbonyl (C=O) groups is 1. The highest BCUT2D eigenvalue weighted by Gasteiger charge is 2.18. The van der Waals surface area contributed by atoms with E-state index in [-0.39, 0.29) is 16.4 Å². The predicted octanol–water partition coefficient (Wildman–Crippen LogP) is 1.13. The molecule has 0 fully saturated rings. The van der Waals surface area contributed by atoms with Crippen molar-refractivity contribution < 1.29 is 17.9 Å². The van der Waals surface area contributed by atoms with Crippen LogP contribution in [0.4, 0.5) is 0 Å². The van der Waals surface area contributed by atoms with Gasteiger partial charge in [0.15, 0.2) is 0 Å². The summed E-state index contributed by atoms with van der Waals surface area (Å²) in [7, 11) is -2.17. The first-order valence-corrected chi connectivity index (χ1v) is 7.90. The molecular weight excluding hydrogens is 280 g/mol. The molecule has 1 rings (SSSR count). The van der Waals surface area contributed by atoms with Gasteiger partial charge >= 0.3 is 0 Å². The third-order valence-electron chi connectivity index (χ3n) is 2.61. The molecule has 112 valence electrons. The van der Waals surface area contributed by atoms with E-state index in [2.05, 4.69) is 10.0 Å². The van der Waals surface area contributed by atoms with E-state index in [1.165, 1.54) is 25.3 Å². The van der Waals surface area contributed by atoms with E-state index >= 15 is 0 Å². The number of benzene rings is 1. The molecule has 0 unspecified atom stereocenters. The number of carbonyl (C=O) groups excluding carboxylic acids is 1. The summed E-state index contributed by atoms with van der Waals surface area (Å²) in [5.74, 6) is -0.0257. The van der Waals surface area contributed by atoms with Crippen LogP contribution in [0.3, 0.4) is 0 Å². The van der Waals surface area contributed by atoms with Crippen molar-refractivity contribution in [2.75, 3.05) is 20.2 Å². The molecule has 0 radical (unpaired) electrons. The summed E-state index contributed by atoms with van der Waals surface area (Å²) in [5.41, 5.74) is 0.203. The molecule has 0 aliphatic carbocycles. The highest BCUT2D eigenvalue weighted by atomic mass is 32.2. The first kappa shape index (κ1) is 16.5. The fourth-order valence-electron chi connectivity index (χ4n) is 1.61. The van der Waals surface area contributed by atoms with Gasteiger partial charge in [0, 0.05) is 13.1 Å². The summed E-state index contributed by atoms with van der Waals surface area (Å²) < 4.78 is 31.6. The highest BCUT2D eigenvalue weighted by Crippen LogP contribution is 2.22. The summed E-state index contributed by atoms with van der Waals surface area (Å²) in [6, 6.07) is 4.21. The molecule has 0 spiro atoms. The molecule has 2 N–H and O–H groups in total. The Kier molecular flexibility index (Phi) is 5.97. The number of nitrogens with one attached hydrogen (secondary N) is 2. The molecule has 0 aliphatic heterocycles. The minimum Gasteiger partial charge on any atom is -0.496 e. The van der Waals surface area contributed by atoms with E-state index < -0.39 is 10.0 Å². The largest absolute Gasteiger partial charge is 0.496 e. The molecule has 20 heavy (non-hydrogen) atoms. The van der Waals surface area contributed by atoms with Gasteiger partial charge in [-0.05, 0) is 31.5 Å². The van der Waals surface area contributed by atoms with E-state index in [9.17, 15) is 13.2 Å². The van der Waals surface area contributed by atoms with E-state index in [1.54, 1.807) is 6.92 Å². The van der Waals surface area contributed by atoms with Crippen LogP contribution in [0, 0.1) is 0 Å². The second-order valence-electron chi connectivity index (χ2n) is 4.12. The first-order valence-electron chi connectivity index (χ1n) is 6.42. The minimum absolute atomic E-state index is 0.0491. The summed E-state index contributed by atoms with van der Waals surface area (Å²) in [6.45, 7) is 4.46. The fourth-order valence-corrected chi connectivity index (χ4v) is 2.77. The smallest absolute Gasteiger partial charge is 0.255 e. The van der Waals surface area contributed by atoms with Crippen molar-refractivity contribution in [2.24, 2.45) is 0 Å². The SMILES string of the molecule is CCCNS(=O)(=O)c1ccc(OC)c(C(=O)NCC)c1. The van der Waals surface area contributed by atoms with Gasteiger partial charge in [-0.25, -0.2) is 13.1 Å². The maximum Gasteiger partial charge on any atom is 0.255 e. The van der Waals surface area contributed by atoms with Crippen LogP contribution in [0.25, 0.3) is 0 Å². The monoisotopic (exact) mass is 300 g/mol. The zero-order valence-corrected chi connectivity index (χ0v) is 12.7. The van der Waals surface area contributed by atoms with E-state index in [0.29, 0.717) is 25.3 Å². The van der Waals surface area contributed by atoms with Crippen LogP contribution in [0.5, 0.6) is 5.75 Å². The molecule has 0 saturated heterocycles. The molecule has 0 atom stereocenters. The van der Waals surface area contributed by atoms with Crippen molar-refractivity contribution >= 4 is 15.9 Å². The van der Waals surface area contributed by atoms with Crippen molar-refractivity contribution in [1.29, 1.82) is 0 Å². The van der Waals surface area contributed by atoms with Gasteiger partial charge in [0.05, 0.1) is 17.6 Å². The van der Waals surface area contributed by atoms with Gasteiger partial charge in [0.2, 0.25) is 10.0 Å². The van der Waals surface area contributed by atoms with Gasteiger partial charge in [-0.1, -0.05) is 6.92 Å². The number of hydrogen-bond donors (Lipinski definition) is 2. The van der Waals surface area contributed by atoms with Gasteiger partial charge in [0.25, 0.3) is 5.91 Å². The van der Waals surface area contributed by atoms with Crippen LogP contribution in [0.2, 0.25) is 0 Å². The number of methoxy groups -OCH3 is 1. The van der Waals surface area contributed by atoms with Crippen LogP contribution >= 0.6 is 0 Å². The number of rotatable bonds is 7. The van der Waals surface area contributed by atoms with Crippen LogP contribution in [0.1, 0.15) is 30.6 Å².